The molecule has 0 saturated carbocycles. The molecule has 0 amide bonds. The number of fused-ring (bicyclic) bond motifs is 3. The number of carbonyl (C=O) groups excluding carboxylic acids is 1. The minimum absolute atomic E-state index is 0.0788. The number of aromatic amines is 1. The number of ketones is 1. The standard InChI is InChI=1S/C16H18N4O2/c21-12-6-4-5-10-11(12)9-17-14-13(10)15(22)19-16(18-14)20-7-2-1-3-8-20/h9H,1-8H2,(H,17,18,19,22). The van der Waals surface area contributed by atoms with Crippen molar-refractivity contribution in [2.45, 2.75) is 38.5 Å². The van der Waals surface area contributed by atoms with Gasteiger partial charge in [-0.05, 0) is 37.7 Å². The number of aryl methyl sites for hydroxylation is 1. The Morgan fingerprint density at radius 1 is 1.05 bits per heavy atom. The molecule has 6 heteroatoms. The summed E-state index contributed by atoms with van der Waals surface area (Å²) in [5.74, 6) is 0.682. The molecule has 0 spiro atoms. The monoisotopic (exact) mass is 298 g/mol. The molecule has 0 unspecified atom stereocenters. The summed E-state index contributed by atoms with van der Waals surface area (Å²) in [6, 6.07) is 0. The Bertz CT molecular complexity index is 806. The molecule has 22 heavy (non-hydrogen) atoms. The van der Waals surface area contributed by atoms with Crippen LogP contribution in [0.25, 0.3) is 11.0 Å². The molecule has 0 bridgehead atoms. The lowest BCUT2D eigenvalue weighted by Gasteiger charge is -2.27. The summed E-state index contributed by atoms with van der Waals surface area (Å²) in [6.45, 7) is 1.83. The number of anilines is 1. The number of Topliss-reactive ketones (excluding diaryl/α,β-unsaturated/α-hetero) is 1. The van der Waals surface area contributed by atoms with Crippen molar-refractivity contribution in [1.82, 2.24) is 15.0 Å². The Labute approximate surface area is 127 Å². The number of aromatic nitrogens is 3. The van der Waals surface area contributed by atoms with Crippen LogP contribution in [-0.2, 0) is 6.42 Å². The molecule has 0 atom stereocenters. The number of hydrogen-bond donors (Lipinski definition) is 1. The van der Waals surface area contributed by atoms with E-state index in [1.165, 1.54) is 6.42 Å². The third-order valence-electron chi connectivity index (χ3n) is 4.62. The molecular formula is C16H18N4O2. The van der Waals surface area contributed by atoms with E-state index < -0.39 is 0 Å². The lowest BCUT2D eigenvalue weighted by molar-refractivity contribution is 0.0972. The van der Waals surface area contributed by atoms with Crippen LogP contribution in [0.5, 0.6) is 0 Å². The molecule has 3 heterocycles. The molecule has 6 nitrogen and oxygen atoms in total. The fourth-order valence-corrected chi connectivity index (χ4v) is 3.47. The average molecular weight is 298 g/mol. The van der Waals surface area contributed by atoms with Crippen LogP contribution in [0.3, 0.4) is 0 Å². The van der Waals surface area contributed by atoms with Crippen LogP contribution >= 0.6 is 0 Å². The highest BCUT2D eigenvalue weighted by atomic mass is 16.1. The van der Waals surface area contributed by atoms with Gasteiger partial charge in [-0.25, -0.2) is 4.98 Å². The molecule has 2 aromatic rings. The van der Waals surface area contributed by atoms with Crippen LogP contribution in [0.4, 0.5) is 5.95 Å². The van der Waals surface area contributed by atoms with Crippen molar-refractivity contribution >= 4 is 22.8 Å². The van der Waals surface area contributed by atoms with Gasteiger partial charge in [0.15, 0.2) is 11.4 Å². The summed E-state index contributed by atoms with van der Waals surface area (Å²) in [7, 11) is 0. The molecule has 1 aliphatic heterocycles. The summed E-state index contributed by atoms with van der Waals surface area (Å²) in [5, 5.41) is 0.492. The molecule has 1 aliphatic carbocycles. The predicted molar refractivity (Wildman–Crippen MR) is 83.5 cm³/mol. The van der Waals surface area contributed by atoms with Gasteiger partial charge in [0.05, 0.1) is 5.39 Å². The molecule has 4 rings (SSSR count). The Morgan fingerprint density at radius 2 is 1.86 bits per heavy atom. The van der Waals surface area contributed by atoms with E-state index in [1.807, 2.05) is 0 Å². The summed E-state index contributed by atoms with van der Waals surface area (Å²) in [4.78, 5) is 38.3. The quantitative estimate of drug-likeness (QED) is 0.869. The molecular weight excluding hydrogens is 280 g/mol. The van der Waals surface area contributed by atoms with Gasteiger partial charge in [-0.2, -0.15) is 4.98 Å². The molecule has 2 aliphatic rings. The molecule has 114 valence electrons. The molecule has 0 radical (unpaired) electrons. The lowest BCUT2D eigenvalue weighted by Crippen LogP contribution is -2.32. The van der Waals surface area contributed by atoms with E-state index in [0.717, 1.165) is 44.3 Å². The van der Waals surface area contributed by atoms with Gasteiger partial charge in [0.2, 0.25) is 5.95 Å². The smallest absolute Gasteiger partial charge is 0.262 e. The van der Waals surface area contributed by atoms with Crippen LogP contribution in [0.15, 0.2) is 11.0 Å². The fourth-order valence-electron chi connectivity index (χ4n) is 3.47. The third kappa shape index (κ3) is 2.10. The molecule has 0 aromatic carbocycles. The van der Waals surface area contributed by atoms with Gasteiger partial charge in [-0.1, -0.05) is 0 Å². The number of piperidine rings is 1. The first kappa shape index (κ1) is 13.4. The molecule has 1 saturated heterocycles. The zero-order valence-electron chi connectivity index (χ0n) is 12.4. The van der Waals surface area contributed by atoms with Gasteiger partial charge in [0.25, 0.3) is 5.56 Å². The van der Waals surface area contributed by atoms with Crippen LogP contribution in [0, 0.1) is 0 Å². The van der Waals surface area contributed by atoms with E-state index in [0.29, 0.717) is 29.0 Å². The number of carbonyl (C=O) groups is 1. The predicted octanol–water partition coefficient (Wildman–Crippen LogP) is 1.83. The summed E-state index contributed by atoms with van der Waals surface area (Å²) in [6.07, 6.45) is 7.12. The Kier molecular flexibility index (Phi) is 3.17. The number of rotatable bonds is 1. The minimum Gasteiger partial charge on any atom is -0.342 e. The van der Waals surface area contributed by atoms with Crippen LogP contribution in [0.2, 0.25) is 0 Å². The van der Waals surface area contributed by atoms with E-state index in [9.17, 15) is 9.59 Å². The zero-order chi connectivity index (χ0) is 15.1. The van der Waals surface area contributed by atoms with Gasteiger partial charge >= 0.3 is 0 Å². The van der Waals surface area contributed by atoms with E-state index in [1.54, 1.807) is 6.20 Å². The number of H-pyrrole nitrogens is 1. The van der Waals surface area contributed by atoms with Crippen molar-refractivity contribution in [2.24, 2.45) is 0 Å². The second-order valence-electron chi connectivity index (χ2n) is 6.06. The van der Waals surface area contributed by atoms with Crippen LogP contribution in [-0.4, -0.2) is 33.8 Å². The van der Waals surface area contributed by atoms with Crippen LogP contribution in [0.1, 0.15) is 48.0 Å². The topological polar surface area (TPSA) is 79.0 Å². The fraction of sp³-hybridized carbons (Fsp3) is 0.500. The number of pyridine rings is 1. The van der Waals surface area contributed by atoms with Crippen molar-refractivity contribution in [1.29, 1.82) is 0 Å². The first-order chi connectivity index (χ1) is 10.7. The first-order valence-corrected chi connectivity index (χ1v) is 7.94. The molecule has 2 aromatic heterocycles. The largest absolute Gasteiger partial charge is 0.342 e. The Hall–Kier alpha value is -2.24. The van der Waals surface area contributed by atoms with Gasteiger partial charge in [0.1, 0.15) is 0 Å². The average Bonchev–Trinajstić information content (AvgIpc) is 2.55. The van der Waals surface area contributed by atoms with Crippen molar-refractivity contribution in [3.8, 4) is 0 Å². The highest BCUT2D eigenvalue weighted by Crippen LogP contribution is 2.25. The number of hydrogen-bond acceptors (Lipinski definition) is 5. The lowest BCUT2D eigenvalue weighted by atomic mass is 9.90. The third-order valence-corrected chi connectivity index (χ3v) is 4.62. The Morgan fingerprint density at radius 3 is 2.68 bits per heavy atom. The van der Waals surface area contributed by atoms with Crippen LogP contribution < -0.4 is 10.5 Å². The first-order valence-electron chi connectivity index (χ1n) is 7.94. The van der Waals surface area contributed by atoms with Gasteiger partial charge < -0.3 is 4.90 Å². The maximum absolute atomic E-state index is 12.5. The van der Waals surface area contributed by atoms with E-state index >= 15 is 0 Å². The van der Waals surface area contributed by atoms with Crippen molar-refractivity contribution < 1.29 is 4.79 Å². The molecule has 1 fully saturated rings. The van der Waals surface area contributed by atoms with Gasteiger partial charge in [-0.3, -0.25) is 14.6 Å². The maximum Gasteiger partial charge on any atom is 0.262 e. The van der Waals surface area contributed by atoms with E-state index in [-0.39, 0.29) is 11.3 Å². The highest BCUT2D eigenvalue weighted by molar-refractivity contribution is 6.01. The Balaban J connectivity index is 1.88. The molecule has 1 N–H and O–H groups in total. The van der Waals surface area contributed by atoms with E-state index in [4.69, 9.17) is 0 Å². The normalized spacial score (nSPS) is 18.5. The summed E-state index contributed by atoms with van der Waals surface area (Å²) in [5.41, 5.74) is 1.69. The van der Waals surface area contributed by atoms with Gasteiger partial charge in [-0.15, -0.1) is 0 Å². The second kappa shape index (κ2) is 5.19. The minimum atomic E-state index is -0.176. The van der Waals surface area contributed by atoms with E-state index in [2.05, 4.69) is 19.9 Å². The summed E-state index contributed by atoms with van der Waals surface area (Å²) >= 11 is 0. The van der Waals surface area contributed by atoms with Crippen molar-refractivity contribution in [2.75, 3.05) is 18.0 Å². The number of nitrogens with zero attached hydrogens (tertiary/aromatic N) is 3. The van der Waals surface area contributed by atoms with Crippen molar-refractivity contribution in [3.05, 3.63) is 27.7 Å². The number of nitrogens with one attached hydrogen (secondary N) is 1. The zero-order valence-corrected chi connectivity index (χ0v) is 12.4. The van der Waals surface area contributed by atoms with Gasteiger partial charge in [0, 0.05) is 31.3 Å². The maximum atomic E-state index is 12.5. The SMILES string of the molecule is O=C1CCCc2c1cnc1nc(N3CCCCC3)[nH]c(=O)c21. The summed E-state index contributed by atoms with van der Waals surface area (Å²) < 4.78 is 0. The second-order valence-corrected chi connectivity index (χ2v) is 6.06. The van der Waals surface area contributed by atoms with Crippen molar-refractivity contribution in [3.63, 3.8) is 0 Å². The highest BCUT2D eigenvalue weighted by Gasteiger charge is 2.23.